The number of esters is 1. The molecule has 0 bridgehead atoms. The third-order valence-corrected chi connectivity index (χ3v) is 5.35. The van der Waals surface area contributed by atoms with Crippen molar-refractivity contribution in [3.63, 3.8) is 0 Å². The molecule has 2 N–H and O–H groups in total. The second kappa shape index (κ2) is 8.45. The molecular formula is C19H17ClN2O4S. The van der Waals surface area contributed by atoms with Gasteiger partial charge in [0.1, 0.15) is 0 Å². The molecule has 0 radical (unpaired) electrons. The van der Waals surface area contributed by atoms with Gasteiger partial charge in [-0.2, -0.15) is 0 Å². The van der Waals surface area contributed by atoms with E-state index in [1.54, 1.807) is 31.2 Å². The Balaban J connectivity index is 1.56. The third kappa shape index (κ3) is 4.81. The predicted octanol–water partition coefficient (Wildman–Crippen LogP) is 3.42. The molecule has 0 aromatic heterocycles. The summed E-state index contributed by atoms with van der Waals surface area (Å²) in [5, 5.41) is 6.00. The molecule has 2 aromatic rings. The summed E-state index contributed by atoms with van der Waals surface area (Å²) < 4.78 is 5.07. The molecule has 8 heteroatoms. The van der Waals surface area contributed by atoms with Crippen LogP contribution in [0.4, 0.5) is 5.69 Å². The van der Waals surface area contributed by atoms with Crippen LogP contribution in [0.25, 0.3) is 0 Å². The maximum Gasteiger partial charge on any atom is 0.338 e. The zero-order valence-electron chi connectivity index (χ0n) is 14.5. The number of amides is 2. The summed E-state index contributed by atoms with van der Waals surface area (Å²) in [6.45, 7) is 1.39. The van der Waals surface area contributed by atoms with Crippen LogP contribution < -0.4 is 10.6 Å². The van der Waals surface area contributed by atoms with Gasteiger partial charge < -0.3 is 15.4 Å². The zero-order valence-corrected chi connectivity index (χ0v) is 16.0. The number of nitrogens with one attached hydrogen (secondary N) is 2. The Kier molecular flexibility index (Phi) is 6.03. The first-order chi connectivity index (χ1) is 12.9. The number of carbonyl (C=O) groups is 3. The minimum Gasteiger partial charge on any atom is -0.452 e. The molecule has 1 aliphatic rings. The average molecular weight is 405 g/mol. The highest BCUT2D eigenvalue weighted by atomic mass is 35.5. The average Bonchev–Trinajstić information content (AvgIpc) is 2.65. The summed E-state index contributed by atoms with van der Waals surface area (Å²) in [7, 11) is 0. The molecule has 0 saturated heterocycles. The van der Waals surface area contributed by atoms with Gasteiger partial charge in [-0.25, -0.2) is 4.79 Å². The van der Waals surface area contributed by atoms with Crippen LogP contribution in [0, 0.1) is 0 Å². The quantitative estimate of drug-likeness (QED) is 0.746. The molecule has 2 amide bonds. The van der Waals surface area contributed by atoms with Crippen molar-refractivity contribution in [2.24, 2.45) is 0 Å². The first-order valence-electron chi connectivity index (χ1n) is 8.21. The van der Waals surface area contributed by atoms with E-state index in [4.69, 9.17) is 16.3 Å². The van der Waals surface area contributed by atoms with Crippen molar-refractivity contribution in [1.29, 1.82) is 0 Å². The molecule has 0 spiro atoms. The summed E-state index contributed by atoms with van der Waals surface area (Å²) in [4.78, 5) is 36.6. The molecule has 0 aliphatic carbocycles. The summed E-state index contributed by atoms with van der Waals surface area (Å²) >= 11 is 7.51. The molecule has 27 heavy (non-hydrogen) atoms. The maximum atomic E-state index is 12.2. The van der Waals surface area contributed by atoms with Crippen molar-refractivity contribution < 1.29 is 19.1 Å². The van der Waals surface area contributed by atoms with Crippen LogP contribution in [0.2, 0.25) is 5.02 Å². The summed E-state index contributed by atoms with van der Waals surface area (Å²) in [6, 6.07) is 11.8. The van der Waals surface area contributed by atoms with Gasteiger partial charge in [0.15, 0.2) is 6.61 Å². The first kappa shape index (κ1) is 19.3. The fraction of sp³-hybridized carbons (Fsp3) is 0.211. The van der Waals surface area contributed by atoms with Crippen molar-refractivity contribution in [3.05, 3.63) is 58.6 Å². The van der Waals surface area contributed by atoms with Crippen molar-refractivity contribution in [1.82, 2.24) is 5.32 Å². The number of hydrogen-bond donors (Lipinski definition) is 2. The lowest BCUT2D eigenvalue weighted by atomic mass is 10.1. The number of carbonyl (C=O) groups excluding carboxylic acids is 3. The highest BCUT2D eigenvalue weighted by molar-refractivity contribution is 8.00. The minimum absolute atomic E-state index is 0.119. The van der Waals surface area contributed by atoms with E-state index in [1.165, 1.54) is 11.8 Å². The molecule has 140 valence electrons. The smallest absolute Gasteiger partial charge is 0.338 e. The number of fused-ring (bicyclic) bond motifs is 1. The number of anilines is 1. The van der Waals surface area contributed by atoms with E-state index < -0.39 is 18.5 Å². The lowest BCUT2D eigenvalue weighted by Gasteiger charge is -2.17. The van der Waals surface area contributed by atoms with Crippen LogP contribution in [0.15, 0.2) is 47.4 Å². The SMILES string of the molecule is C[C@@H](NC(=O)COC(=O)c1ccc2c(c1)NC(=O)CS2)c1ccccc1Cl. The molecule has 6 nitrogen and oxygen atoms in total. The van der Waals surface area contributed by atoms with Gasteiger partial charge in [0.05, 0.1) is 23.0 Å². The highest BCUT2D eigenvalue weighted by Crippen LogP contribution is 2.32. The van der Waals surface area contributed by atoms with Crippen LogP contribution in [0.1, 0.15) is 28.9 Å². The lowest BCUT2D eigenvalue weighted by Crippen LogP contribution is -2.31. The van der Waals surface area contributed by atoms with Gasteiger partial charge in [0.25, 0.3) is 5.91 Å². The van der Waals surface area contributed by atoms with E-state index in [-0.39, 0.29) is 17.5 Å². The fourth-order valence-corrected chi connectivity index (χ4v) is 3.70. The minimum atomic E-state index is -0.636. The molecule has 0 saturated carbocycles. The van der Waals surface area contributed by atoms with Crippen LogP contribution in [0.3, 0.4) is 0 Å². The Morgan fingerprint density at radius 3 is 2.85 bits per heavy atom. The summed E-state index contributed by atoms with van der Waals surface area (Å²) in [5.41, 5.74) is 1.62. The predicted molar refractivity (Wildman–Crippen MR) is 104 cm³/mol. The van der Waals surface area contributed by atoms with Crippen molar-refractivity contribution >= 4 is 46.8 Å². The molecule has 0 unspecified atom stereocenters. The number of hydrogen-bond acceptors (Lipinski definition) is 5. The Morgan fingerprint density at radius 1 is 1.30 bits per heavy atom. The topological polar surface area (TPSA) is 84.5 Å². The van der Waals surface area contributed by atoms with Gasteiger partial charge in [0, 0.05) is 9.92 Å². The summed E-state index contributed by atoms with van der Waals surface area (Å²) in [6.07, 6.45) is 0. The van der Waals surface area contributed by atoms with Gasteiger partial charge in [-0.3, -0.25) is 9.59 Å². The molecule has 2 aromatic carbocycles. The molecular weight excluding hydrogens is 388 g/mol. The number of halogens is 1. The van der Waals surface area contributed by atoms with Crippen molar-refractivity contribution in [2.75, 3.05) is 17.7 Å². The van der Waals surface area contributed by atoms with E-state index in [2.05, 4.69) is 10.6 Å². The molecule has 0 fully saturated rings. The van der Waals surface area contributed by atoms with Gasteiger partial charge in [0.2, 0.25) is 5.91 Å². The zero-order chi connectivity index (χ0) is 19.4. The van der Waals surface area contributed by atoms with E-state index in [0.29, 0.717) is 16.5 Å². The standard InChI is InChI=1S/C19H17ClN2O4S/c1-11(13-4-2-3-5-14(13)20)21-17(23)9-26-19(25)12-6-7-16-15(8-12)22-18(24)10-27-16/h2-8,11H,9-10H2,1H3,(H,21,23)(H,22,24)/t11-/m1/s1. The lowest BCUT2D eigenvalue weighted by molar-refractivity contribution is -0.124. The first-order valence-corrected chi connectivity index (χ1v) is 9.58. The monoisotopic (exact) mass is 404 g/mol. The van der Waals surface area contributed by atoms with Crippen molar-refractivity contribution in [2.45, 2.75) is 17.9 Å². The number of ether oxygens (including phenoxy) is 1. The second-order valence-corrected chi connectivity index (χ2v) is 7.36. The van der Waals surface area contributed by atoms with E-state index in [0.717, 1.165) is 10.5 Å². The number of thioether (sulfide) groups is 1. The van der Waals surface area contributed by atoms with E-state index in [1.807, 2.05) is 18.2 Å². The van der Waals surface area contributed by atoms with Gasteiger partial charge in [-0.05, 0) is 36.8 Å². The normalized spacial score (nSPS) is 13.9. The van der Waals surface area contributed by atoms with Crippen molar-refractivity contribution in [3.8, 4) is 0 Å². The number of benzene rings is 2. The Bertz CT molecular complexity index is 903. The van der Waals surface area contributed by atoms with Gasteiger partial charge >= 0.3 is 5.97 Å². The second-order valence-electron chi connectivity index (χ2n) is 5.93. The van der Waals surface area contributed by atoms with Crippen LogP contribution in [-0.4, -0.2) is 30.1 Å². The summed E-state index contributed by atoms with van der Waals surface area (Å²) in [5.74, 6) is -0.840. The van der Waals surface area contributed by atoms with Gasteiger partial charge in [-0.15, -0.1) is 11.8 Å². The molecule has 3 rings (SSSR count). The largest absolute Gasteiger partial charge is 0.452 e. The fourth-order valence-electron chi connectivity index (χ4n) is 2.61. The Labute approximate surface area is 165 Å². The van der Waals surface area contributed by atoms with Crippen LogP contribution >= 0.6 is 23.4 Å². The Morgan fingerprint density at radius 2 is 2.07 bits per heavy atom. The molecule has 1 atom stereocenters. The Hall–Kier alpha value is -2.51. The van der Waals surface area contributed by atoms with Crippen LogP contribution in [0.5, 0.6) is 0 Å². The van der Waals surface area contributed by atoms with E-state index in [9.17, 15) is 14.4 Å². The third-order valence-electron chi connectivity index (χ3n) is 3.93. The molecule has 1 aliphatic heterocycles. The number of rotatable bonds is 5. The highest BCUT2D eigenvalue weighted by Gasteiger charge is 2.19. The maximum absolute atomic E-state index is 12.2. The van der Waals surface area contributed by atoms with E-state index >= 15 is 0 Å². The van der Waals surface area contributed by atoms with Crippen LogP contribution in [-0.2, 0) is 14.3 Å². The molecule has 1 heterocycles. The van der Waals surface area contributed by atoms with Gasteiger partial charge in [-0.1, -0.05) is 29.8 Å².